The van der Waals surface area contributed by atoms with Crippen LogP contribution in [-0.2, 0) is 16.1 Å². The van der Waals surface area contributed by atoms with Crippen molar-refractivity contribution < 1.29 is 9.53 Å². The molecule has 1 fully saturated rings. The number of hydrogen-bond donors (Lipinski definition) is 2. The summed E-state index contributed by atoms with van der Waals surface area (Å²) in [6.07, 6.45) is 3.60. The number of nitrogens with two attached hydrogens (primary N) is 1. The van der Waals surface area contributed by atoms with Crippen LogP contribution in [0.15, 0.2) is 18.3 Å². The molecule has 2 heterocycles. The minimum Gasteiger partial charge on any atom is -0.465 e. The highest BCUT2D eigenvalue weighted by Gasteiger charge is 2.31. The van der Waals surface area contributed by atoms with Crippen LogP contribution in [0.25, 0.3) is 0 Å². The normalized spacial score (nSPS) is 19.4. The lowest BCUT2D eigenvalue weighted by atomic mass is 10.2. The summed E-state index contributed by atoms with van der Waals surface area (Å²) in [5.74, 6) is 5.85. The summed E-state index contributed by atoms with van der Waals surface area (Å²) in [5, 5.41) is 0. The van der Waals surface area contributed by atoms with E-state index in [4.69, 9.17) is 10.6 Å². The summed E-state index contributed by atoms with van der Waals surface area (Å²) < 4.78 is 5.11. The van der Waals surface area contributed by atoms with Gasteiger partial charge in [0.15, 0.2) is 0 Å². The Morgan fingerprint density at radius 3 is 3.26 bits per heavy atom. The van der Waals surface area contributed by atoms with Crippen LogP contribution in [-0.4, -0.2) is 35.0 Å². The van der Waals surface area contributed by atoms with Gasteiger partial charge in [-0.05, 0) is 44.0 Å². The maximum absolute atomic E-state index is 11.9. The van der Waals surface area contributed by atoms with Gasteiger partial charge in [0.25, 0.3) is 0 Å². The first-order valence-electron chi connectivity index (χ1n) is 6.57. The third kappa shape index (κ3) is 3.42. The van der Waals surface area contributed by atoms with Gasteiger partial charge in [-0.25, -0.2) is 10.8 Å². The third-order valence-corrected chi connectivity index (χ3v) is 3.28. The van der Waals surface area contributed by atoms with Crippen molar-refractivity contribution in [2.45, 2.75) is 32.4 Å². The van der Waals surface area contributed by atoms with Crippen molar-refractivity contribution in [2.75, 3.05) is 18.6 Å². The predicted octanol–water partition coefficient (Wildman–Crippen LogP) is 0.895. The first-order valence-corrected chi connectivity index (χ1v) is 6.57. The summed E-state index contributed by atoms with van der Waals surface area (Å²) >= 11 is 0. The van der Waals surface area contributed by atoms with Crippen LogP contribution >= 0.6 is 0 Å². The van der Waals surface area contributed by atoms with E-state index < -0.39 is 0 Å². The van der Waals surface area contributed by atoms with Crippen molar-refractivity contribution in [2.24, 2.45) is 5.84 Å². The molecule has 104 valence electrons. The molecule has 0 aliphatic carbocycles. The number of aromatic nitrogens is 1. The van der Waals surface area contributed by atoms with E-state index in [-0.39, 0.29) is 12.0 Å². The second kappa shape index (κ2) is 6.49. The zero-order valence-electron chi connectivity index (χ0n) is 11.1. The lowest BCUT2D eigenvalue weighted by molar-refractivity contribution is -0.148. The molecule has 1 unspecified atom stereocenters. The van der Waals surface area contributed by atoms with Crippen molar-refractivity contribution in [1.29, 1.82) is 0 Å². The Balaban J connectivity index is 2.02. The maximum atomic E-state index is 11.9. The number of hydrazine groups is 1. The van der Waals surface area contributed by atoms with Crippen molar-refractivity contribution in [1.82, 2.24) is 9.88 Å². The van der Waals surface area contributed by atoms with Gasteiger partial charge in [0.2, 0.25) is 0 Å². The van der Waals surface area contributed by atoms with E-state index in [1.807, 2.05) is 19.1 Å². The second-order valence-corrected chi connectivity index (χ2v) is 4.57. The molecule has 6 nitrogen and oxygen atoms in total. The van der Waals surface area contributed by atoms with Crippen molar-refractivity contribution in [3.8, 4) is 0 Å². The fourth-order valence-corrected chi connectivity index (χ4v) is 2.41. The van der Waals surface area contributed by atoms with Gasteiger partial charge in [0.05, 0.1) is 6.61 Å². The molecule has 19 heavy (non-hydrogen) atoms. The maximum Gasteiger partial charge on any atom is 0.323 e. The number of hydrogen-bond acceptors (Lipinski definition) is 6. The van der Waals surface area contributed by atoms with Crippen LogP contribution in [0.3, 0.4) is 0 Å². The van der Waals surface area contributed by atoms with Crippen LogP contribution in [0.1, 0.15) is 25.3 Å². The van der Waals surface area contributed by atoms with Gasteiger partial charge in [0.1, 0.15) is 11.9 Å². The minimum atomic E-state index is -0.123. The van der Waals surface area contributed by atoms with E-state index >= 15 is 0 Å². The lowest BCUT2D eigenvalue weighted by Gasteiger charge is -2.22. The van der Waals surface area contributed by atoms with Gasteiger partial charge < -0.3 is 10.2 Å². The summed E-state index contributed by atoms with van der Waals surface area (Å²) in [6, 6.07) is 3.70. The average Bonchev–Trinajstić information content (AvgIpc) is 2.87. The zero-order valence-corrected chi connectivity index (χ0v) is 11.1. The number of esters is 1. The SMILES string of the molecule is CCOC(=O)C1CCCN1Cc1ccnc(NN)c1. The number of pyridine rings is 1. The monoisotopic (exact) mass is 264 g/mol. The third-order valence-electron chi connectivity index (χ3n) is 3.28. The van der Waals surface area contributed by atoms with Gasteiger partial charge in [-0.3, -0.25) is 9.69 Å². The van der Waals surface area contributed by atoms with Gasteiger partial charge in [-0.2, -0.15) is 0 Å². The largest absolute Gasteiger partial charge is 0.465 e. The smallest absolute Gasteiger partial charge is 0.323 e. The molecule has 2 rings (SSSR count). The van der Waals surface area contributed by atoms with Crippen molar-refractivity contribution in [3.05, 3.63) is 23.9 Å². The molecule has 0 amide bonds. The topological polar surface area (TPSA) is 80.5 Å². The number of nitrogen functional groups attached to an aromatic ring is 1. The van der Waals surface area contributed by atoms with Crippen LogP contribution in [0.2, 0.25) is 0 Å². The molecule has 1 aromatic heterocycles. The summed E-state index contributed by atoms with van der Waals surface area (Å²) in [6.45, 7) is 3.89. The van der Waals surface area contributed by atoms with Gasteiger partial charge in [-0.15, -0.1) is 0 Å². The highest BCUT2D eigenvalue weighted by molar-refractivity contribution is 5.76. The molecule has 6 heteroatoms. The van der Waals surface area contributed by atoms with E-state index in [0.29, 0.717) is 19.0 Å². The standard InChI is InChI=1S/C13H20N4O2/c1-2-19-13(18)11-4-3-7-17(11)9-10-5-6-15-12(8-10)16-14/h5-6,8,11H,2-4,7,9,14H2,1H3,(H,15,16). The molecule has 0 radical (unpaired) electrons. The van der Waals surface area contributed by atoms with Crippen molar-refractivity contribution >= 4 is 11.8 Å². The first kappa shape index (κ1) is 13.8. The first-order chi connectivity index (χ1) is 9.24. The van der Waals surface area contributed by atoms with E-state index in [1.54, 1.807) is 6.20 Å². The Bertz CT molecular complexity index is 438. The summed E-state index contributed by atoms with van der Waals surface area (Å²) in [4.78, 5) is 18.1. The Kier molecular flexibility index (Phi) is 4.70. The van der Waals surface area contributed by atoms with Gasteiger partial charge in [-0.1, -0.05) is 0 Å². The second-order valence-electron chi connectivity index (χ2n) is 4.57. The Morgan fingerprint density at radius 1 is 1.68 bits per heavy atom. The molecule has 1 aromatic rings. The number of carbonyl (C=O) groups excluding carboxylic acids is 1. The highest BCUT2D eigenvalue weighted by Crippen LogP contribution is 2.21. The number of likely N-dealkylation sites (tertiary alicyclic amines) is 1. The fraction of sp³-hybridized carbons (Fsp3) is 0.538. The Labute approximate surface area is 112 Å². The molecule has 1 atom stereocenters. The molecular weight excluding hydrogens is 244 g/mol. The molecule has 0 bridgehead atoms. The number of nitrogens with zero attached hydrogens (tertiary/aromatic N) is 2. The summed E-state index contributed by atoms with van der Waals surface area (Å²) in [5.41, 5.74) is 3.61. The van der Waals surface area contributed by atoms with E-state index in [9.17, 15) is 4.79 Å². The van der Waals surface area contributed by atoms with Crippen LogP contribution in [0.4, 0.5) is 5.82 Å². The minimum absolute atomic E-state index is 0.119. The molecular formula is C13H20N4O2. The van der Waals surface area contributed by atoms with Crippen molar-refractivity contribution in [3.63, 3.8) is 0 Å². The van der Waals surface area contributed by atoms with Crippen LogP contribution in [0.5, 0.6) is 0 Å². The Morgan fingerprint density at radius 2 is 2.53 bits per heavy atom. The fourth-order valence-electron chi connectivity index (χ4n) is 2.41. The number of nitrogens with one attached hydrogen (secondary N) is 1. The molecule has 0 spiro atoms. The van der Waals surface area contributed by atoms with E-state index in [1.165, 1.54) is 0 Å². The number of ether oxygens (including phenoxy) is 1. The van der Waals surface area contributed by atoms with E-state index in [2.05, 4.69) is 15.3 Å². The van der Waals surface area contributed by atoms with Crippen LogP contribution in [0, 0.1) is 0 Å². The molecule has 1 aliphatic rings. The lowest BCUT2D eigenvalue weighted by Crippen LogP contribution is -2.36. The number of anilines is 1. The Hall–Kier alpha value is -1.66. The number of rotatable bonds is 5. The highest BCUT2D eigenvalue weighted by atomic mass is 16.5. The molecule has 0 aromatic carbocycles. The van der Waals surface area contributed by atoms with Gasteiger partial charge in [0, 0.05) is 12.7 Å². The van der Waals surface area contributed by atoms with E-state index in [0.717, 1.165) is 24.9 Å². The predicted molar refractivity (Wildman–Crippen MR) is 72.1 cm³/mol. The molecule has 1 aliphatic heterocycles. The number of carbonyl (C=O) groups is 1. The summed E-state index contributed by atoms with van der Waals surface area (Å²) in [7, 11) is 0. The average molecular weight is 264 g/mol. The molecule has 0 saturated carbocycles. The zero-order chi connectivity index (χ0) is 13.7. The quantitative estimate of drug-likeness (QED) is 0.467. The van der Waals surface area contributed by atoms with Gasteiger partial charge >= 0.3 is 5.97 Å². The van der Waals surface area contributed by atoms with Crippen LogP contribution < -0.4 is 11.3 Å². The molecule has 1 saturated heterocycles. The molecule has 3 N–H and O–H groups in total.